The molecule has 27 heavy (non-hydrogen) atoms. The summed E-state index contributed by atoms with van der Waals surface area (Å²) in [4.78, 5) is 16.6. The van der Waals surface area contributed by atoms with Crippen LogP contribution in [-0.4, -0.2) is 31.4 Å². The maximum absolute atomic E-state index is 13.3. The number of hydrogen-bond acceptors (Lipinski definition) is 5. The van der Waals surface area contributed by atoms with Crippen LogP contribution in [0.5, 0.6) is 0 Å². The number of anilines is 1. The number of nitrogens with zero attached hydrogens (tertiary/aromatic N) is 4. The number of nitriles is 1. The molecule has 2 N–H and O–H groups in total. The summed E-state index contributed by atoms with van der Waals surface area (Å²) in [6, 6.07) is 8.02. The van der Waals surface area contributed by atoms with E-state index in [9.17, 15) is 14.4 Å². The number of halogens is 1. The first-order valence-corrected chi connectivity index (χ1v) is 9.09. The van der Waals surface area contributed by atoms with Crippen molar-refractivity contribution >= 4 is 23.5 Å². The van der Waals surface area contributed by atoms with Gasteiger partial charge in [-0.15, -0.1) is 5.10 Å². The van der Waals surface area contributed by atoms with E-state index in [1.54, 1.807) is 23.6 Å². The highest BCUT2D eigenvalue weighted by Gasteiger charge is 2.21. The van der Waals surface area contributed by atoms with Crippen LogP contribution >= 0.6 is 11.8 Å². The van der Waals surface area contributed by atoms with Gasteiger partial charge in [0.2, 0.25) is 11.1 Å². The van der Waals surface area contributed by atoms with Crippen molar-refractivity contribution in [2.45, 2.75) is 25.9 Å². The number of H-pyrrole nitrogens is 1. The quantitative estimate of drug-likeness (QED) is 0.658. The maximum atomic E-state index is 13.3. The van der Waals surface area contributed by atoms with Gasteiger partial charge in [0, 0.05) is 11.4 Å². The summed E-state index contributed by atoms with van der Waals surface area (Å²) in [5.41, 5.74) is 2.59. The molecule has 0 aliphatic rings. The van der Waals surface area contributed by atoms with Crippen LogP contribution in [0.4, 0.5) is 10.2 Å². The number of amides is 1. The first-order valence-electron chi connectivity index (χ1n) is 8.10. The van der Waals surface area contributed by atoms with E-state index < -0.39 is 0 Å². The molecule has 1 amide bonds. The van der Waals surface area contributed by atoms with Crippen molar-refractivity contribution in [3.05, 3.63) is 52.7 Å². The Balaban J connectivity index is 1.89. The minimum Gasteiger partial charge on any atom is -0.310 e. The van der Waals surface area contributed by atoms with Crippen molar-refractivity contribution < 1.29 is 9.18 Å². The fraction of sp³-hybridized carbons (Fsp3) is 0.222. The standard InChI is InChI=1S/C18H17FN6OS/c1-10-11(2)25(14-6-4-13(19)5-7-14)17(15(10)8-20)22-16(26)9-27-18-21-12(3)23-24-18/h4-7H,9H2,1-3H3,(H,22,26)(H,21,23,24). The number of aromatic amines is 1. The number of carbonyl (C=O) groups excluding carboxylic acids is 1. The maximum Gasteiger partial charge on any atom is 0.236 e. The Morgan fingerprint density at radius 3 is 2.63 bits per heavy atom. The van der Waals surface area contributed by atoms with E-state index >= 15 is 0 Å². The second-order valence-corrected chi connectivity index (χ2v) is 6.84. The first kappa shape index (κ1) is 18.7. The Labute approximate surface area is 159 Å². The van der Waals surface area contributed by atoms with Crippen LogP contribution in [0.1, 0.15) is 22.6 Å². The number of aryl methyl sites for hydroxylation is 1. The van der Waals surface area contributed by atoms with Gasteiger partial charge in [0.25, 0.3) is 0 Å². The van der Waals surface area contributed by atoms with Crippen LogP contribution in [0.3, 0.4) is 0 Å². The Bertz CT molecular complexity index is 1030. The van der Waals surface area contributed by atoms with Crippen molar-refractivity contribution in [3.8, 4) is 11.8 Å². The predicted octanol–water partition coefficient (Wildman–Crippen LogP) is 3.26. The molecule has 2 aromatic heterocycles. The molecule has 0 bridgehead atoms. The Morgan fingerprint density at radius 2 is 2.04 bits per heavy atom. The van der Waals surface area contributed by atoms with Gasteiger partial charge in [0.1, 0.15) is 23.5 Å². The van der Waals surface area contributed by atoms with Crippen molar-refractivity contribution in [1.82, 2.24) is 19.7 Å². The van der Waals surface area contributed by atoms with Crippen LogP contribution in [0.15, 0.2) is 29.4 Å². The lowest BCUT2D eigenvalue weighted by Crippen LogP contribution is -2.17. The summed E-state index contributed by atoms with van der Waals surface area (Å²) in [5, 5.41) is 19.5. The summed E-state index contributed by atoms with van der Waals surface area (Å²) < 4.78 is 15.0. The largest absolute Gasteiger partial charge is 0.310 e. The highest BCUT2D eigenvalue weighted by Crippen LogP contribution is 2.30. The van der Waals surface area contributed by atoms with Crippen LogP contribution in [-0.2, 0) is 4.79 Å². The van der Waals surface area contributed by atoms with Gasteiger partial charge in [-0.3, -0.25) is 14.5 Å². The van der Waals surface area contributed by atoms with E-state index in [-0.39, 0.29) is 17.5 Å². The molecule has 3 rings (SSSR count). The number of rotatable bonds is 5. The third-order valence-corrected chi connectivity index (χ3v) is 4.92. The Hall–Kier alpha value is -3.12. The predicted molar refractivity (Wildman–Crippen MR) is 100 cm³/mol. The molecule has 0 unspecified atom stereocenters. The van der Waals surface area contributed by atoms with Crippen molar-refractivity contribution in [3.63, 3.8) is 0 Å². The Kier molecular flexibility index (Phi) is 5.28. The second-order valence-electron chi connectivity index (χ2n) is 5.90. The molecular weight excluding hydrogens is 367 g/mol. The van der Waals surface area contributed by atoms with E-state index in [4.69, 9.17) is 0 Å². The van der Waals surface area contributed by atoms with Crippen LogP contribution in [0.25, 0.3) is 5.69 Å². The number of carbonyl (C=O) groups is 1. The summed E-state index contributed by atoms with van der Waals surface area (Å²) in [5.74, 6) is 0.482. The first-order chi connectivity index (χ1) is 12.9. The number of hydrogen-bond donors (Lipinski definition) is 2. The lowest BCUT2D eigenvalue weighted by Gasteiger charge is -2.13. The molecule has 0 atom stereocenters. The van der Waals surface area contributed by atoms with E-state index in [0.29, 0.717) is 28.0 Å². The molecule has 0 spiro atoms. The van der Waals surface area contributed by atoms with Crippen molar-refractivity contribution in [2.75, 3.05) is 11.1 Å². The SMILES string of the molecule is Cc1nc(SCC(=O)Nc2c(C#N)c(C)c(C)n2-c2ccc(F)cc2)n[nH]1. The van der Waals surface area contributed by atoms with Gasteiger partial charge in [0.15, 0.2) is 0 Å². The van der Waals surface area contributed by atoms with Crippen molar-refractivity contribution in [2.24, 2.45) is 0 Å². The molecule has 138 valence electrons. The van der Waals surface area contributed by atoms with Crippen LogP contribution in [0, 0.1) is 37.9 Å². The van der Waals surface area contributed by atoms with Gasteiger partial charge in [-0.25, -0.2) is 9.37 Å². The highest BCUT2D eigenvalue weighted by atomic mass is 32.2. The minimum atomic E-state index is -0.357. The number of nitrogens with one attached hydrogen (secondary N) is 2. The smallest absolute Gasteiger partial charge is 0.236 e. The highest BCUT2D eigenvalue weighted by molar-refractivity contribution is 7.99. The van der Waals surface area contributed by atoms with Crippen LogP contribution in [0.2, 0.25) is 0 Å². The molecule has 3 aromatic rings. The summed E-state index contributed by atoms with van der Waals surface area (Å²) in [7, 11) is 0. The monoisotopic (exact) mass is 384 g/mol. The molecule has 0 saturated heterocycles. The summed E-state index contributed by atoms with van der Waals surface area (Å²) in [6.45, 7) is 5.44. The van der Waals surface area contributed by atoms with Gasteiger partial charge < -0.3 is 5.32 Å². The minimum absolute atomic E-state index is 0.0921. The lowest BCUT2D eigenvalue weighted by atomic mass is 10.2. The molecule has 9 heteroatoms. The van der Waals surface area contributed by atoms with E-state index in [1.807, 2.05) is 13.8 Å². The normalized spacial score (nSPS) is 10.6. The molecule has 0 aliphatic carbocycles. The van der Waals surface area contributed by atoms with Crippen LogP contribution < -0.4 is 5.32 Å². The summed E-state index contributed by atoms with van der Waals surface area (Å²) in [6.07, 6.45) is 0. The van der Waals surface area contributed by atoms with Gasteiger partial charge in [0.05, 0.1) is 11.3 Å². The zero-order chi connectivity index (χ0) is 19.6. The van der Waals surface area contributed by atoms with Gasteiger partial charge >= 0.3 is 0 Å². The van der Waals surface area contributed by atoms with Crippen molar-refractivity contribution in [1.29, 1.82) is 5.26 Å². The fourth-order valence-corrected chi connectivity index (χ4v) is 3.30. The number of thioether (sulfide) groups is 1. The third-order valence-electron chi connectivity index (χ3n) is 4.08. The fourth-order valence-electron chi connectivity index (χ4n) is 2.66. The average Bonchev–Trinajstić information content (AvgIpc) is 3.16. The molecule has 2 heterocycles. The molecule has 0 saturated carbocycles. The molecule has 0 radical (unpaired) electrons. The molecular formula is C18H17FN6OS. The number of aromatic nitrogens is 4. The summed E-state index contributed by atoms with van der Waals surface area (Å²) >= 11 is 1.19. The third kappa shape index (κ3) is 3.85. The van der Waals surface area contributed by atoms with E-state index in [0.717, 1.165) is 11.3 Å². The van der Waals surface area contributed by atoms with Gasteiger partial charge in [-0.2, -0.15) is 5.26 Å². The second kappa shape index (κ2) is 7.63. The molecule has 0 aliphatic heterocycles. The topological polar surface area (TPSA) is 99.4 Å². The molecule has 7 nitrogen and oxygen atoms in total. The molecule has 1 aromatic carbocycles. The van der Waals surface area contributed by atoms with Gasteiger partial charge in [-0.1, -0.05) is 11.8 Å². The zero-order valence-corrected chi connectivity index (χ0v) is 15.8. The van der Waals surface area contributed by atoms with E-state index in [1.165, 1.54) is 23.9 Å². The average molecular weight is 384 g/mol. The van der Waals surface area contributed by atoms with Gasteiger partial charge in [-0.05, 0) is 50.6 Å². The van der Waals surface area contributed by atoms with E-state index in [2.05, 4.69) is 26.6 Å². The zero-order valence-electron chi connectivity index (χ0n) is 15.0. The molecule has 0 fully saturated rings. The number of benzene rings is 1. The lowest BCUT2D eigenvalue weighted by molar-refractivity contribution is -0.113. The Morgan fingerprint density at radius 1 is 1.33 bits per heavy atom.